The molecule has 0 bridgehead atoms. The van der Waals surface area contributed by atoms with Crippen molar-refractivity contribution >= 4 is 34.4 Å². The molecule has 3 aromatic rings. The van der Waals surface area contributed by atoms with Gasteiger partial charge in [0, 0.05) is 10.6 Å². The lowest BCUT2D eigenvalue weighted by atomic mass is 10.1. The monoisotopic (exact) mass is 378 g/mol. The van der Waals surface area contributed by atoms with E-state index in [2.05, 4.69) is 5.32 Å². The number of amides is 2. The molecule has 5 nitrogen and oxygen atoms in total. The third-order valence-electron chi connectivity index (χ3n) is 4.48. The van der Waals surface area contributed by atoms with Gasteiger partial charge in [-0.2, -0.15) is 0 Å². The average molecular weight is 378 g/mol. The van der Waals surface area contributed by atoms with Crippen molar-refractivity contribution in [2.45, 2.75) is 20.4 Å². The van der Waals surface area contributed by atoms with E-state index >= 15 is 0 Å². The number of aryl methyl sites for hydroxylation is 2. The summed E-state index contributed by atoms with van der Waals surface area (Å²) in [5.41, 5.74) is 3.61. The lowest BCUT2D eigenvalue weighted by molar-refractivity contribution is -0.137. The summed E-state index contributed by atoms with van der Waals surface area (Å²) in [4.78, 5) is 28.2. The van der Waals surface area contributed by atoms with Crippen LogP contribution in [-0.4, -0.2) is 16.7 Å². The molecule has 0 spiro atoms. The minimum absolute atomic E-state index is 0.109. The van der Waals surface area contributed by atoms with Crippen LogP contribution in [0.15, 0.2) is 64.2 Å². The first-order valence-electron chi connectivity index (χ1n) is 8.55. The van der Waals surface area contributed by atoms with Crippen molar-refractivity contribution in [2.75, 3.05) is 5.32 Å². The predicted octanol–water partition coefficient (Wildman–Crippen LogP) is 4.35. The van der Waals surface area contributed by atoms with E-state index < -0.39 is 0 Å². The normalized spacial score (nSPS) is 14.4. The summed E-state index contributed by atoms with van der Waals surface area (Å²) in [7, 11) is 0. The van der Waals surface area contributed by atoms with Gasteiger partial charge in [0.25, 0.3) is 11.8 Å². The first kappa shape index (κ1) is 17.3. The Morgan fingerprint density at radius 1 is 1.07 bits per heavy atom. The fourth-order valence-electron chi connectivity index (χ4n) is 3.05. The molecule has 1 N–H and O–H groups in total. The van der Waals surface area contributed by atoms with Crippen LogP contribution in [0, 0.1) is 13.8 Å². The van der Waals surface area contributed by atoms with E-state index in [4.69, 9.17) is 4.42 Å². The second-order valence-electron chi connectivity index (χ2n) is 6.45. The van der Waals surface area contributed by atoms with Crippen LogP contribution in [-0.2, 0) is 16.1 Å². The summed E-state index contributed by atoms with van der Waals surface area (Å²) >= 11 is 1.44. The van der Waals surface area contributed by atoms with E-state index in [0.717, 1.165) is 21.7 Å². The standard InChI is InChI=1S/C21H18N2O3S/c1-13-7-8-14(2)16(11-13)22-19-18(17-6-4-10-27-17)20(24)23(21(19)25)12-15-5-3-9-26-15/h3-11,22H,12H2,1-2H3. The summed E-state index contributed by atoms with van der Waals surface area (Å²) in [6, 6.07) is 13.2. The molecule has 0 fully saturated rings. The summed E-state index contributed by atoms with van der Waals surface area (Å²) < 4.78 is 5.32. The lowest BCUT2D eigenvalue weighted by Crippen LogP contribution is -2.31. The minimum atomic E-state index is -0.347. The molecular weight excluding hydrogens is 360 g/mol. The summed E-state index contributed by atoms with van der Waals surface area (Å²) in [5, 5.41) is 5.12. The maximum atomic E-state index is 13.1. The molecule has 1 aliphatic rings. The number of hydrogen-bond acceptors (Lipinski definition) is 5. The Balaban J connectivity index is 1.75. The molecule has 27 heavy (non-hydrogen) atoms. The highest BCUT2D eigenvalue weighted by molar-refractivity contribution is 7.11. The molecule has 0 aliphatic carbocycles. The molecular formula is C21H18N2O3S. The highest BCUT2D eigenvalue weighted by atomic mass is 32.1. The number of furan rings is 1. The molecule has 0 unspecified atom stereocenters. The van der Waals surface area contributed by atoms with Crippen LogP contribution in [0.5, 0.6) is 0 Å². The minimum Gasteiger partial charge on any atom is -0.467 e. The molecule has 2 amide bonds. The molecule has 1 aromatic carbocycles. The number of imide groups is 1. The fraction of sp³-hybridized carbons (Fsp3) is 0.143. The number of hydrogen-bond donors (Lipinski definition) is 1. The Morgan fingerprint density at radius 2 is 1.93 bits per heavy atom. The second kappa shape index (κ2) is 6.89. The largest absolute Gasteiger partial charge is 0.467 e. The molecule has 3 heterocycles. The van der Waals surface area contributed by atoms with Crippen molar-refractivity contribution in [3.05, 3.63) is 81.6 Å². The SMILES string of the molecule is Cc1ccc(C)c(NC2=C(c3cccs3)C(=O)N(Cc3ccco3)C2=O)c1. The fourth-order valence-corrected chi connectivity index (χ4v) is 3.82. The van der Waals surface area contributed by atoms with Gasteiger partial charge in [-0.3, -0.25) is 14.5 Å². The summed E-state index contributed by atoms with van der Waals surface area (Å²) in [6.07, 6.45) is 1.53. The number of anilines is 1. The topological polar surface area (TPSA) is 62.6 Å². The molecule has 0 atom stereocenters. The van der Waals surface area contributed by atoms with E-state index in [-0.39, 0.29) is 18.4 Å². The Kier molecular flexibility index (Phi) is 4.41. The second-order valence-corrected chi connectivity index (χ2v) is 7.39. The van der Waals surface area contributed by atoms with Gasteiger partial charge in [0.1, 0.15) is 11.5 Å². The lowest BCUT2D eigenvalue weighted by Gasteiger charge is -2.14. The number of carbonyl (C=O) groups is 2. The first-order valence-corrected chi connectivity index (χ1v) is 9.43. The van der Waals surface area contributed by atoms with Crippen LogP contribution < -0.4 is 5.32 Å². The van der Waals surface area contributed by atoms with Crippen LogP contribution in [0.2, 0.25) is 0 Å². The van der Waals surface area contributed by atoms with Crippen LogP contribution in [0.25, 0.3) is 5.57 Å². The Labute approximate surface area is 160 Å². The zero-order valence-electron chi connectivity index (χ0n) is 15.0. The zero-order valence-corrected chi connectivity index (χ0v) is 15.8. The molecule has 136 valence electrons. The van der Waals surface area contributed by atoms with E-state index in [0.29, 0.717) is 17.0 Å². The van der Waals surface area contributed by atoms with Crippen molar-refractivity contribution in [3.63, 3.8) is 0 Å². The smallest absolute Gasteiger partial charge is 0.278 e. The van der Waals surface area contributed by atoms with Gasteiger partial charge in [-0.15, -0.1) is 11.3 Å². The van der Waals surface area contributed by atoms with Gasteiger partial charge in [0.05, 0.1) is 18.4 Å². The van der Waals surface area contributed by atoms with E-state index in [1.165, 1.54) is 22.5 Å². The van der Waals surface area contributed by atoms with Gasteiger partial charge in [-0.1, -0.05) is 18.2 Å². The Morgan fingerprint density at radius 3 is 2.63 bits per heavy atom. The average Bonchev–Trinajstić information content (AvgIpc) is 3.38. The Bertz CT molecular complexity index is 1030. The summed E-state index contributed by atoms with van der Waals surface area (Å²) in [5.74, 6) is -0.0948. The number of nitrogens with zero attached hydrogens (tertiary/aromatic N) is 1. The maximum absolute atomic E-state index is 13.1. The van der Waals surface area contributed by atoms with Gasteiger partial charge in [-0.05, 0) is 54.6 Å². The van der Waals surface area contributed by atoms with Gasteiger partial charge < -0.3 is 9.73 Å². The number of carbonyl (C=O) groups excluding carboxylic acids is 2. The predicted molar refractivity (Wildman–Crippen MR) is 105 cm³/mol. The quantitative estimate of drug-likeness (QED) is 0.671. The van der Waals surface area contributed by atoms with Gasteiger partial charge in [-0.25, -0.2) is 0 Å². The first-order chi connectivity index (χ1) is 13.0. The van der Waals surface area contributed by atoms with Crippen molar-refractivity contribution in [2.24, 2.45) is 0 Å². The summed E-state index contributed by atoms with van der Waals surface area (Å²) in [6.45, 7) is 4.07. The molecule has 0 radical (unpaired) electrons. The molecule has 0 saturated heterocycles. The van der Waals surface area contributed by atoms with Gasteiger partial charge >= 0.3 is 0 Å². The maximum Gasteiger partial charge on any atom is 0.278 e. The zero-order chi connectivity index (χ0) is 19.0. The highest BCUT2D eigenvalue weighted by Crippen LogP contribution is 2.34. The number of thiophene rings is 1. The van der Waals surface area contributed by atoms with Gasteiger partial charge in [0.2, 0.25) is 0 Å². The number of nitrogens with one attached hydrogen (secondary N) is 1. The van der Waals surface area contributed by atoms with Crippen molar-refractivity contribution in [1.29, 1.82) is 0 Å². The van der Waals surface area contributed by atoms with Crippen LogP contribution in [0.1, 0.15) is 21.8 Å². The van der Waals surface area contributed by atoms with Crippen LogP contribution in [0.4, 0.5) is 5.69 Å². The van der Waals surface area contributed by atoms with Crippen molar-refractivity contribution in [1.82, 2.24) is 4.90 Å². The molecule has 4 rings (SSSR count). The Hall–Kier alpha value is -3.12. The number of benzene rings is 1. The molecule has 2 aromatic heterocycles. The number of rotatable bonds is 5. The van der Waals surface area contributed by atoms with E-state index in [1.54, 1.807) is 12.1 Å². The molecule has 0 saturated carbocycles. The van der Waals surface area contributed by atoms with Crippen molar-refractivity contribution in [3.8, 4) is 0 Å². The van der Waals surface area contributed by atoms with Crippen LogP contribution >= 0.6 is 11.3 Å². The van der Waals surface area contributed by atoms with E-state index in [9.17, 15) is 9.59 Å². The highest BCUT2D eigenvalue weighted by Gasteiger charge is 2.40. The van der Waals surface area contributed by atoms with E-state index in [1.807, 2.05) is 49.6 Å². The third kappa shape index (κ3) is 3.19. The van der Waals surface area contributed by atoms with Crippen molar-refractivity contribution < 1.29 is 14.0 Å². The molecule has 6 heteroatoms. The van der Waals surface area contributed by atoms with Crippen LogP contribution in [0.3, 0.4) is 0 Å². The molecule has 1 aliphatic heterocycles. The third-order valence-corrected chi connectivity index (χ3v) is 5.37. The van der Waals surface area contributed by atoms with Gasteiger partial charge in [0.15, 0.2) is 0 Å².